The number of hydrogen-bond donors (Lipinski definition) is 0. The number of benzene rings is 2. The number of thiazole rings is 1. The molecule has 0 fully saturated rings. The van der Waals surface area contributed by atoms with E-state index in [-0.39, 0.29) is 5.91 Å². The minimum atomic E-state index is 0.00421. The molecule has 0 N–H and O–H groups in total. The van der Waals surface area contributed by atoms with Crippen LogP contribution in [0.4, 0.5) is 5.13 Å². The van der Waals surface area contributed by atoms with Crippen LogP contribution < -0.4 is 4.90 Å². The van der Waals surface area contributed by atoms with Gasteiger partial charge in [0.1, 0.15) is 0 Å². The summed E-state index contributed by atoms with van der Waals surface area (Å²) in [6.07, 6.45) is 2.07. The molecule has 0 aliphatic heterocycles. The molecule has 148 valence electrons. The van der Waals surface area contributed by atoms with Crippen LogP contribution in [-0.4, -0.2) is 55.0 Å². The van der Waals surface area contributed by atoms with E-state index in [1.807, 2.05) is 43.3 Å². The standard InChI is InChI=1S/C21H25N3OS3/c1-5-27-17-8-6-7-15(13-17)20(25)24(12-11-23(2)3)21-22-18-10-9-16(26-4)14-19(18)28-21/h6-10,13-14H,5,11-12H2,1-4H3. The van der Waals surface area contributed by atoms with E-state index in [2.05, 4.69) is 36.3 Å². The lowest BCUT2D eigenvalue weighted by Crippen LogP contribution is -2.36. The summed E-state index contributed by atoms with van der Waals surface area (Å²) in [7, 11) is 4.04. The Hall–Kier alpha value is -1.54. The lowest BCUT2D eigenvalue weighted by atomic mass is 10.2. The zero-order valence-electron chi connectivity index (χ0n) is 16.6. The minimum Gasteiger partial charge on any atom is -0.308 e. The number of carbonyl (C=O) groups is 1. The van der Waals surface area contributed by atoms with Crippen molar-refractivity contribution in [2.75, 3.05) is 44.1 Å². The van der Waals surface area contributed by atoms with Crippen LogP contribution in [0.2, 0.25) is 0 Å². The van der Waals surface area contributed by atoms with Crippen molar-refractivity contribution in [3.05, 3.63) is 48.0 Å². The van der Waals surface area contributed by atoms with Gasteiger partial charge in [0.05, 0.1) is 10.2 Å². The molecule has 3 aromatic rings. The van der Waals surface area contributed by atoms with Crippen LogP contribution in [0.25, 0.3) is 10.2 Å². The second-order valence-corrected chi connectivity index (χ2v) is 9.78. The van der Waals surface area contributed by atoms with Crippen LogP contribution in [0.1, 0.15) is 17.3 Å². The summed E-state index contributed by atoms with van der Waals surface area (Å²) in [5, 5.41) is 0.758. The van der Waals surface area contributed by atoms with Gasteiger partial charge in [-0.05, 0) is 62.5 Å². The smallest absolute Gasteiger partial charge is 0.260 e. The maximum atomic E-state index is 13.4. The summed E-state index contributed by atoms with van der Waals surface area (Å²) in [6.45, 7) is 3.50. The van der Waals surface area contributed by atoms with Gasteiger partial charge in [-0.3, -0.25) is 9.69 Å². The van der Waals surface area contributed by atoms with Crippen molar-refractivity contribution in [2.24, 2.45) is 0 Å². The van der Waals surface area contributed by atoms with Crippen LogP contribution in [0.3, 0.4) is 0 Å². The molecule has 0 saturated carbocycles. The van der Waals surface area contributed by atoms with E-state index in [1.165, 1.54) is 4.90 Å². The molecule has 2 aromatic carbocycles. The number of nitrogens with zero attached hydrogens (tertiary/aromatic N) is 3. The van der Waals surface area contributed by atoms with Gasteiger partial charge < -0.3 is 4.90 Å². The van der Waals surface area contributed by atoms with E-state index in [0.29, 0.717) is 12.1 Å². The first-order chi connectivity index (χ1) is 13.5. The maximum absolute atomic E-state index is 13.4. The highest BCUT2D eigenvalue weighted by Crippen LogP contribution is 2.32. The summed E-state index contributed by atoms with van der Waals surface area (Å²) in [5.41, 5.74) is 1.65. The molecule has 0 spiro atoms. The summed E-state index contributed by atoms with van der Waals surface area (Å²) < 4.78 is 1.11. The fraction of sp³-hybridized carbons (Fsp3) is 0.333. The van der Waals surface area contributed by atoms with Crippen molar-refractivity contribution in [1.82, 2.24) is 9.88 Å². The molecule has 3 rings (SSSR count). The van der Waals surface area contributed by atoms with Gasteiger partial charge in [0.15, 0.2) is 5.13 Å². The number of amides is 1. The predicted octanol–water partition coefficient (Wildman–Crippen LogP) is 5.34. The molecule has 1 heterocycles. The van der Waals surface area contributed by atoms with Crippen molar-refractivity contribution in [1.29, 1.82) is 0 Å². The molecule has 0 unspecified atom stereocenters. The Morgan fingerprint density at radius 2 is 1.93 bits per heavy atom. The van der Waals surface area contributed by atoms with Gasteiger partial charge in [-0.1, -0.05) is 24.3 Å². The number of likely N-dealkylation sites (N-methyl/N-ethyl adjacent to an activating group) is 1. The van der Waals surface area contributed by atoms with Crippen LogP contribution in [-0.2, 0) is 0 Å². The van der Waals surface area contributed by atoms with Crippen LogP contribution in [0.5, 0.6) is 0 Å². The van der Waals surface area contributed by atoms with Gasteiger partial charge in [0.2, 0.25) is 0 Å². The van der Waals surface area contributed by atoms with Crippen molar-refractivity contribution >= 4 is 56.1 Å². The molecule has 0 aliphatic rings. The molecule has 7 heteroatoms. The van der Waals surface area contributed by atoms with E-state index < -0.39 is 0 Å². The van der Waals surface area contributed by atoms with Crippen molar-refractivity contribution in [3.8, 4) is 0 Å². The van der Waals surface area contributed by atoms with Crippen molar-refractivity contribution in [3.63, 3.8) is 0 Å². The lowest BCUT2D eigenvalue weighted by Gasteiger charge is -2.22. The van der Waals surface area contributed by atoms with Crippen molar-refractivity contribution < 1.29 is 4.79 Å². The Morgan fingerprint density at radius 3 is 2.64 bits per heavy atom. The molecule has 0 atom stereocenters. The second kappa shape index (κ2) is 9.78. The first kappa shape index (κ1) is 21.2. The Labute approximate surface area is 179 Å². The number of rotatable bonds is 8. The first-order valence-electron chi connectivity index (χ1n) is 9.16. The average Bonchev–Trinajstić information content (AvgIpc) is 3.11. The average molecular weight is 432 g/mol. The van der Waals surface area contributed by atoms with Gasteiger partial charge in [-0.25, -0.2) is 4.98 Å². The van der Waals surface area contributed by atoms with Crippen molar-refractivity contribution in [2.45, 2.75) is 16.7 Å². The highest BCUT2D eigenvalue weighted by atomic mass is 32.2. The summed E-state index contributed by atoms with van der Waals surface area (Å²) in [4.78, 5) is 24.4. The molecule has 28 heavy (non-hydrogen) atoms. The lowest BCUT2D eigenvalue weighted by molar-refractivity contribution is 0.0985. The quantitative estimate of drug-likeness (QED) is 0.450. The highest BCUT2D eigenvalue weighted by Gasteiger charge is 2.22. The van der Waals surface area contributed by atoms with E-state index >= 15 is 0 Å². The molecular weight excluding hydrogens is 406 g/mol. The summed E-state index contributed by atoms with van der Waals surface area (Å²) in [6, 6.07) is 14.1. The third-order valence-electron chi connectivity index (χ3n) is 4.22. The molecule has 1 aromatic heterocycles. The van der Waals surface area contributed by atoms with Gasteiger partial charge in [0, 0.05) is 28.4 Å². The third kappa shape index (κ3) is 5.08. The fourth-order valence-electron chi connectivity index (χ4n) is 2.76. The Morgan fingerprint density at radius 1 is 1.11 bits per heavy atom. The summed E-state index contributed by atoms with van der Waals surface area (Å²) in [5.74, 6) is 0.988. The molecule has 0 radical (unpaired) electrons. The maximum Gasteiger partial charge on any atom is 0.260 e. The monoisotopic (exact) mass is 431 g/mol. The topological polar surface area (TPSA) is 36.4 Å². The molecule has 0 bridgehead atoms. The van der Waals surface area contributed by atoms with Crippen LogP contribution in [0.15, 0.2) is 52.3 Å². The SMILES string of the molecule is CCSc1cccc(C(=O)N(CCN(C)C)c2nc3ccc(SC)cc3s2)c1. The number of anilines is 1. The fourth-order valence-corrected chi connectivity index (χ4v) is 5.02. The Balaban J connectivity index is 1.96. The zero-order chi connectivity index (χ0) is 20.1. The third-order valence-corrected chi connectivity index (χ3v) is 6.87. The first-order valence-corrected chi connectivity index (χ1v) is 12.2. The number of hydrogen-bond acceptors (Lipinski definition) is 6. The molecule has 0 aliphatic carbocycles. The van der Waals surface area contributed by atoms with E-state index in [9.17, 15) is 4.79 Å². The van der Waals surface area contributed by atoms with E-state index in [1.54, 1.807) is 34.9 Å². The Kier molecular flexibility index (Phi) is 7.40. The normalized spacial score (nSPS) is 11.3. The molecule has 0 saturated heterocycles. The van der Waals surface area contributed by atoms with E-state index in [0.717, 1.165) is 32.5 Å². The van der Waals surface area contributed by atoms with Gasteiger partial charge in [-0.2, -0.15) is 0 Å². The molecule has 1 amide bonds. The number of carbonyl (C=O) groups excluding carboxylic acids is 1. The van der Waals surface area contributed by atoms with Gasteiger partial charge in [-0.15, -0.1) is 23.5 Å². The largest absolute Gasteiger partial charge is 0.308 e. The zero-order valence-corrected chi connectivity index (χ0v) is 19.1. The van der Waals surface area contributed by atoms with Crippen LogP contribution in [0, 0.1) is 0 Å². The van der Waals surface area contributed by atoms with Gasteiger partial charge in [0.25, 0.3) is 5.91 Å². The molecule has 4 nitrogen and oxygen atoms in total. The van der Waals surface area contributed by atoms with E-state index in [4.69, 9.17) is 4.98 Å². The summed E-state index contributed by atoms with van der Waals surface area (Å²) >= 11 is 5.04. The van der Waals surface area contributed by atoms with Crippen LogP contribution >= 0.6 is 34.9 Å². The number of thioether (sulfide) groups is 2. The second-order valence-electron chi connectivity index (χ2n) is 6.55. The highest BCUT2D eigenvalue weighted by molar-refractivity contribution is 7.99. The number of aromatic nitrogens is 1. The van der Waals surface area contributed by atoms with Gasteiger partial charge >= 0.3 is 0 Å². The predicted molar refractivity (Wildman–Crippen MR) is 124 cm³/mol. The number of fused-ring (bicyclic) bond motifs is 1. The minimum absolute atomic E-state index is 0.00421. The molecular formula is C21H25N3OS3. The Bertz CT molecular complexity index is 955.